The summed E-state index contributed by atoms with van der Waals surface area (Å²) in [7, 11) is 0. The molecular weight excluding hydrogens is 270 g/mol. The maximum atomic E-state index is 10.2. The molecule has 3 heterocycles. The molecule has 0 spiro atoms. The number of thiophene rings is 1. The van der Waals surface area contributed by atoms with E-state index in [1.54, 1.807) is 11.3 Å². The van der Waals surface area contributed by atoms with Crippen molar-refractivity contribution in [2.45, 2.75) is 52.0 Å². The molecule has 5 heteroatoms. The minimum atomic E-state index is 0.0372. The fourth-order valence-corrected chi connectivity index (χ4v) is 4.16. The van der Waals surface area contributed by atoms with Crippen molar-refractivity contribution in [2.75, 3.05) is 11.4 Å². The SMILES string of the molecule is CC1CCCN1c1c(C(C)(C)C)sc2ncnc(O)c12. The van der Waals surface area contributed by atoms with Gasteiger partial charge < -0.3 is 10.0 Å². The zero-order valence-corrected chi connectivity index (χ0v) is 13.3. The van der Waals surface area contributed by atoms with E-state index in [-0.39, 0.29) is 11.3 Å². The van der Waals surface area contributed by atoms with Crippen LogP contribution < -0.4 is 4.90 Å². The van der Waals surface area contributed by atoms with Gasteiger partial charge in [-0.3, -0.25) is 0 Å². The molecule has 1 fully saturated rings. The molecule has 0 bridgehead atoms. The van der Waals surface area contributed by atoms with E-state index in [0.29, 0.717) is 6.04 Å². The van der Waals surface area contributed by atoms with Gasteiger partial charge in [-0.25, -0.2) is 9.97 Å². The number of hydrogen-bond donors (Lipinski definition) is 1. The first kappa shape index (κ1) is 13.6. The van der Waals surface area contributed by atoms with Crippen molar-refractivity contribution in [3.63, 3.8) is 0 Å². The smallest absolute Gasteiger partial charge is 0.225 e. The lowest BCUT2D eigenvalue weighted by molar-refractivity contribution is 0.459. The summed E-state index contributed by atoms with van der Waals surface area (Å²) in [6, 6.07) is 0.508. The van der Waals surface area contributed by atoms with Crippen molar-refractivity contribution >= 4 is 27.2 Å². The van der Waals surface area contributed by atoms with Gasteiger partial charge in [0.15, 0.2) is 0 Å². The van der Waals surface area contributed by atoms with Gasteiger partial charge >= 0.3 is 0 Å². The largest absolute Gasteiger partial charge is 0.493 e. The number of rotatable bonds is 1. The van der Waals surface area contributed by atoms with Gasteiger partial charge in [-0.1, -0.05) is 20.8 Å². The summed E-state index contributed by atoms with van der Waals surface area (Å²) in [5.74, 6) is 0.107. The molecule has 20 heavy (non-hydrogen) atoms. The molecule has 1 unspecified atom stereocenters. The highest BCUT2D eigenvalue weighted by atomic mass is 32.1. The first-order valence-electron chi connectivity index (χ1n) is 7.13. The first-order valence-corrected chi connectivity index (χ1v) is 7.95. The highest BCUT2D eigenvalue weighted by molar-refractivity contribution is 7.19. The quantitative estimate of drug-likeness (QED) is 0.870. The van der Waals surface area contributed by atoms with Gasteiger partial charge in [0.25, 0.3) is 0 Å². The summed E-state index contributed by atoms with van der Waals surface area (Å²) >= 11 is 1.68. The predicted octanol–water partition coefficient (Wildman–Crippen LogP) is 3.68. The van der Waals surface area contributed by atoms with Crippen LogP contribution >= 0.6 is 11.3 Å². The van der Waals surface area contributed by atoms with Gasteiger partial charge in [0.05, 0.1) is 11.1 Å². The molecule has 1 N–H and O–H groups in total. The molecule has 1 aliphatic rings. The zero-order valence-electron chi connectivity index (χ0n) is 12.5. The monoisotopic (exact) mass is 291 g/mol. The predicted molar refractivity (Wildman–Crippen MR) is 83.8 cm³/mol. The molecule has 0 radical (unpaired) electrons. The Morgan fingerprint density at radius 2 is 2.10 bits per heavy atom. The number of fused-ring (bicyclic) bond motifs is 1. The summed E-state index contributed by atoms with van der Waals surface area (Å²) in [5, 5.41) is 11.0. The lowest BCUT2D eigenvalue weighted by Gasteiger charge is -2.28. The van der Waals surface area contributed by atoms with Gasteiger partial charge in [-0.2, -0.15) is 0 Å². The van der Waals surface area contributed by atoms with Crippen LogP contribution in [0.1, 0.15) is 45.4 Å². The third kappa shape index (κ3) is 2.04. The minimum absolute atomic E-state index is 0.0372. The van der Waals surface area contributed by atoms with Gasteiger partial charge in [0.2, 0.25) is 5.88 Å². The van der Waals surface area contributed by atoms with Crippen LogP contribution in [-0.2, 0) is 5.41 Å². The zero-order chi connectivity index (χ0) is 14.5. The molecule has 3 rings (SSSR count). The molecule has 0 aromatic carbocycles. The van der Waals surface area contributed by atoms with Gasteiger partial charge in [-0.15, -0.1) is 11.3 Å². The second-order valence-electron chi connectivity index (χ2n) is 6.59. The van der Waals surface area contributed by atoms with Crippen LogP contribution in [0.25, 0.3) is 10.2 Å². The maximum Gasteiger partial charge on any atom is 0.225 e. The Balaban J connectivity index is 2.30. The summed E-state index contributed by atoms with van der Waals surface area (Å²) in [6.07, 6.45) is 3.85. The second-order valence-corrected chi connectivity index (χ2v) is 7.59. The molecule has 2 aromatic heterocycles. The molecule has 4 nitrogen and oxygen atoms in total. The normalized spacial score (nSPS) is 20.0. The minimum Gasteiger partial charge on any atom is -0.493 e. The fraction of sp³-hybridized carbons (Fsp3) is 0.600. The average molecular weight is 291 g/mol. The Morgan fingerprint density at radius 3 is 2.70 bits per heavy atom. The summed E-state index contributed by atoms with van der Waals surface area (Å²) in [6.45, 7) is 9.94. The van der Waals surface area contributed by atoms with Crippen LogP contribution in [0.4, 0.5) is 5.69 Å². The molecule has 1 atom stereocenters. The van der Waals surface area contributed by atoms with Crippen molar-refractivity contribution < 1.29 is 5.11 Å². The lowest BCUT2D eigenvalue weighted by Crippen LogP contribution is -2.28. The number of aromatic nitrogens is 2. The van der Waals surface area contributed by atoms with E-state index in [1.807, 2.05) is 0 Å². The van der Waals surface area contributed by atoms with Crippen LogP contribution in [0.5, 0.6) is 5.88 Å². The topological polar surface area (TPSA) is 49.2 Å². The lowest BCUT2D eigenvalue weighted by atomic mass is 9.92. The Kier molecular flexibility index (Phi) is 3.12. The number of aromatic hydroxyl groups is 1. The van der Waals surface area contributed by atoms with E-state index >= 15 is 0 Å². The van der Waals surface area contributed by atoms with Gasteiger partial charge in [-0.05, 0) is 25.2 Å². The molecule has 0 saturated carbocycles. The Bertz CT molecular complexity index is 644. The Morgan fingerprint density at radius 1 is 1.35 bits per heavy atom. The number of nitrogens with zero attached hydrogens (tertiary/aromatic N) is 3. The molecule has 0 amide bonds. The van der Waals surface area contributed by atoms with Crippen LogP contribution in [0.2, 0.25) is 0 Å². The van der Waals surface area contributed by atoms with Crippen LogP contribution in [0, 0.1) is 0 Å². The van der Waals surface area contributed by atoms with E-state index < -0.39 is 0 Å². The van der Waals surface area contributed by atoms with Crippen molar-refractivity contribution in [3.8, 4) is 5.88 Å². The molecule has 1 aliphatic heterocycles. The third-order valence-corrected chi connectivity index (χ3v) is 5.48. The van der Waals surface area contributed by atoms with Crippen molar-refractivity contribution in [1.29, 1.82) is 0 Å². The average Bonchev–Trinajstić information content (AvgIpc) is 2.92. The maximum absolute atomic E-state index is 10.2. The van der Waals surface area contributed by atoms with Crippen LogP contribution in [0.15, 0.2) is 6.33 Å². The van der Waals surface area contributed by atoms with E-state index in [9.17, 15) is 5.11 Å². The van der Waals surface area contributed by atoms with E-state index in [0.717, 1.165) is 22.4 Å². The van der Waals surface area contributed by atoms with Gasteiger partial charge in [0, 0.05) is 17.5 Å². The van der Waals surface area contributed by atoms with E-state index in [4.69, 9.17) is 0 Å². The van der Waals surface area contributed by atoms with Gasteiger partial charge in [0.1, 0.15) is 11.2 Å². The Labute approximate surface area is 123 Å². The first-order chi connectivity index (χ1) is 9.39. The standard InChI is InChI=1S/C15H21N3OS/c1-9-6-5-7-18(9)11-10-13(19)16-8-17-14(10)20-12(11)15(2,3)4/h8-9H,5-7H2,1-4H3,(H,16,17,19). The van der Waals surface area contributed by atoms with Crippen molar-refractivity contribution in [3.05, 3.63) is 11.2 Å². The molecule has 1 saturated heterocycles. The highest BCUT2D eigenvalue weighted by Crippen LogP contribution is 2.47. The van der Waals surface area contributed by atoms with E-state index in [1.165, 1.54) is 24.0 Å². The second kappa shape index (κ2) is 4.58. The van der Waals surface area contributed by atoms with Crippen molar-refractivity contribution in [2.24, 2.45) is 0 Å². The molecule has 0 aliphatic carbocycles. The number of anilines is 1. The van der Waals surface area contributed by atoms with Crippen LogP contribution in [0.3, 0.4) is 0 Å². The summed E-state index contributed by atoms with van der Waals surface area (Å²) < 4.78 is 0. The number of hydrogen-bond acceptors (Lipinski definition) is 5. The molecule has 108 valence electrons. The molecule has 2 aromatic rings. The summed E-state index contributed by atoms with van der Waals surface area (Å²) in [5.41, 5.74) is 1.19. The Hall–Kier alpha value is -1.36. The van der Waals surface area contributed by atoms with Crippen LogP contribution in [-0.4, -0.2) is 27.7 Å². The fourth-order valence-electron chi connectivity index (χ4n) is 2.95. The third-order valence-electron chi connectivity index (χ3n) is 3.96. The summed E-state index contributed by atoms with van der Waals surface area (Å²) in [4.78, 5) is 12.9. The van der Waals surface area contributed by atoms with E-state index in [2.05, 4.69) is 42.6 Å². The molecular formula is C15H21N3OS. The van der Waals surface area contributed by atoms with Crippen molar-refractivity contribution in [1.82, 2.24) is 9.97 Å². The highest BCUT2D eigenvalue weighted by Gasteiger charge is 2.32.